The number of benzene rings is 1. The fourth-order valence-electron chi connectivity index (χ4n) is 2.69. The molecular weight excluding hydrogens is 347 g/mol. The molecule has 1 atom stereocenters. The van der Waals surface area contributed by atoms with Crippen molar-refractivity contribution in [3.63, 3.8) is 0 Å². The molecule has 3 N–H and O–H groups in total. The molecule has 142 valence electrons. The Morgan fingerprint density at radius 3 is 2.69 bits per heavy atom. The van der Waals surface area contributed by atoms with Crippen molar-refractivity contribution in [2.45, 2.75) is 56.4 Å². The maximum Gasteiger partial charge on any atom is 0.471 e. The molecule has 0 heterocycles. The van der Waals surface area contributed by atoms with Crippen molar-refractivity contribution >= 4 is 5.91 Å². The van der Waals surface area contributed by atoms with Crippen LogP contribution >= 0.6 is 0 Å². The van der Waals surface area contributed by atoms with Crippen LogP contribution in [-0.4, -0.2) is 34.4 Å². The zero-order valence-electron chi connectivity index (χ0n) is 16.1. The molecule has 4 nitrogen and oxygen atoms in total. The first kappa shape index (κ1) is 17.4. The predicted octanol–water partition coefficient (Wildman–Crippen LogP) is 2.84. The SMILES string of the molecule is [2H]C([2H])(CC(O)c1cccc(C#CC2(O)CCCCC2)c1)NC(=O)C(F)(F)F. The smallest absolute Gasteiger partial charge is 0.388 e. The van der Waals surface area contributed by atoms with Gasteiger partial charge in [0, 0.05) is 14.8 Å². The Labute approximate surface area is 153 Å². The van der Waals surface area contributed by atoms with Crippen LogP contribution in [0, 0.1) is 11.8 Å². The Kier molecular flexibility index (Phi) is 5.72. The van der Waals surface area contributed by atoms with Crippen LogP contribution in [0.3, 0.4) is 0 Å². The number of amides is 1. The molecule has 0 aliphatic heterocycles. The largest absolute Gasteiger partial charge is 0.471 e. The third-order valence-electron chi connectivity index (χ3n) is 4.15. The minimum atomic E-state index is -5.22. The van der Waals surface area contributed by atoms with E-state index in [4.69, 9.17) is 2.74 Å². The van der Waals surface area contributed by atoms with E-state index < -0.39 is 36.7 Å². The average Bonchev–Trinajstić information content (AvgIpc) is 2.59. The molecule has 1 aromatic carbocycles. The minimum absolute atomic E-state index is 0.243. The Balaban J connectivity index is 2.07. The van der Waals surface area contributed by atoms with Gasteiger partial charge in [-0.25, -0.2) is 0 Å². The lowest BCUT2D eigenvalue weighted by atomic mass is 9.85. The first-order valence-electron chi connectivity index (χ1n) is 9.33. The summed E-state index contributed by atoms with van der Waals surface area (Å²) < 4.78 is 51.9. The first-order valence-corrected chi connectivity index (χ1v) is 8.33. The molecule has 1 amide bonds. The summed E-state index contributed by atoms with van der Waals surface area (Å²) in [6.07, 6.45) is -3.43. The Morgan fingerprint density at radius 2 is 2.04 bits per heavy atom. The van der Waals surface area contributed by atoms with Crippen LogP contribution < -0.4 is 5.32 Å². The first-order chi connectivity index (χ1) is 12.9. The molecule has 1 aliphatic rings. The molecule has 1 saturated carbocycles. The fraction of sp³-hybridized carbons (Fsp3) is 0.526. The normalized spacial score (nSPS) is 19.4. The molecule has 0 saturated heterocycles. The molecule has 2 rings (SSSR count). The molecule has 0 bridgehead atoms. The van der Waals surface area contributed by atoms with Crippen LogP contribution in [0.25, 0.3) is 0 Å². The van der Waals surface area contributed by atoms with Crippen LogP contribution in [0.4, 0.5) is 13.2 Å². The number of hydrogen-bond donors (Lipinski definition) is 3. The molecule has 7 heteroatoms. The van der Waals surface area contributed by atoms with E-state index >= 15 is 0 Å². The van der Waals surface area contributed by atoms with Gasteiger partial charge < -0.3 is 15.5 Å². The highest BCUT2D eigenvalue weighted by Crippen LogP contribution is 2.27. The highest BCUT2D eigenvalue weighted by Gasteiger charge is 2.38. The van der Waals surface area contributed by atoms with Gasteiger partial charge >= 0.3 is 12.1 Å². The van der Waals surface area contributed by atoms with Crippen molar-refractivity contribution in [3.8, 4) is 11.8 Å². The Morgan fingerprint density at radius 1 is 1.35 bits per heavy atom. The lowest BCUT2D eigenvalue weighted by molar-refractivity contribution is -0.173. The van der Waals surface area contributed by atoms with Gasteiger partial charge in [-0.3, -0.25) is 4.79 Å². The van der Waals surface area contributed by atoms with E-state index in [-0.39, 0.29) is 5.56 Å². The van der Waals surface area contributed by atoms with Crippen molar-refractivity contribution < 1.29 is 30.9 Å². The summed E-state index contributed by atoms with van der Waals surface area (Å²) in [4.78, 5) is 10.9. The lowest BCUT2D eigenvalue weighted by Crippen LogP contribution is -2.37. The highest BCUT2D eigenvalue weighted by molar-refractivity contribution is 5.81. The summed E-state index contributed by atoms with van der Waals surface area (Å²) in [6, 6.07) is 6.17. The maximum absolute atomic E-state index is 12.3. The van der Waals surface area contributed by atoms with Crippen molar-refractivity contribution in [1.29, 1.82) is 0 Å². The molecule has 26 heavy (non-hydrogen) atoms. The van der Waals surface area contributed by atoms with E-state index in [9.17, 15) is 28.2 Å². The maximum atomic E-state index is 12.3. The molecule has 1 fully saturated rings. The summed E-state index contributed by atoms with van der Waals surface area (Å²) in [5, 5.41) is 21.8. The number of halogens is 3. The Bertz CT molecular complexity index is 766. The van der Waals surface area contributed by atoms with E-state index in [0.29, 0.717) is 18.4 Å². The van der Waals surface area contributed by atoms with E-state index in [1.165, 1.54) is 17.4 Å². The summed E-state index contributed by atoms with van der Waals surface area (Å²) in [5.74, 6) is 3.27. The van der Waals surface area contributed by atoms with E-state index in [0.717, 1.165) is 19.3 Å². The minimum Gasteiger partial charge on any atom is -0.388 e. The zero-order chi connectivity index (χ0) is 21.0. The van der Waals surface area contributed by atoms with Crippen LogP contribution in [0.5, 0.6) is 0 Å². The number of carbonyl (C=O) groups excluding carboxylic acids is 1. The van der Waals surface area contributed by atoms with Gasteiger partial charge in [0.25, 0.3) is 0 Å². The second-order valence-corrected chi connectivity index (χ2v) is 6.32. The zero-order valence-corrected chi connectivity index (χ0v) is 14.1. The van der Waals surface area contributed by atoms with Crippen LogP contribution in [0.15, 0.2) is 24.3 Å². The van der Waals surface area contributed by atoms with E-state index in [1.807, 2.05) is 0 Å². The van der Waals surface area contributed by atoms with E-state index in [2.05, 4.69) is 11.8 Å². The van der Waals surface area contributed by atoms with Gasteiger partial charge in [0.1, 0.15) is 5.60 Å². The van der Waals surface area contributed by atoms with Crippen LogP contribution in [0.1, 0.15) is 58.5 Å². The summed E-state index contributed by atoms with van der Waals surface area (Å²) in [5.41, 5.74) is -0.324. The molecule has 0 radical (unpaired) electrons. The van der Waals surface area contributed by atoms with Gasteiger partial charge in [-0.2, -0.15) is 13.2 Å². The summed E-state index contributed by atoms with van der Waals surface area (Å²) in [7, 11) is 0. The number of aliphatic hydroxyl groups is 2. The van der Waals surface area contributed by atoms with Gasteiger partial charge in [0.15, 0.2) is 0 Å². The number of carbonyl (C=O) groups is 1. The van der Waals surface area contributed by atoms with Crippen molar-refractivity contribution in [2.75, 3.05) is 6.50 Å². The molecule has 1 aliphatic carbocycles. The fourth-order valence-corrected chi connectivity index (χ4v) is 2.69. The van der Waals surface area contributed by atoms with Crippen molar-refractivity contribution in [3.05, 3.63) is 35.4 Å². The van der Waals surface area contributed by atoms with Gasteiger partial charge in [-0.1, -0.05) is 30.4 Å². The Hall–Kier alpha value is -2.04. The number of aliphatic hydroxyl groups excluding tert-OH is 1. The molecule has 0 aromatic heterocycles. The van der Waals surface area contributed by atoms with Crippen molar-refractivity contribution in [1.82, 2.24) is 5.32 Å². The molecule has 0 spiro atoms. The molecular formula is C19H22F3NO3. The molecule has 1 unspecified atom stereocenters. The van der Waals surface area contributed by atoms with Gasteiger partial charge in [-0.15, -0.1) is 0 Å². The second-order valence-electron chi connectivity index (χ2n) is 6.32. The van der Waals surface area contributed by atoms with Gasteiger partial charge in [-0.05, 0) is 49.8 Å². The van der Waals surface area contributed by atoms with E-state index in [1.54, 1.807) is 12.1 Å². The second kappa shape index (κ2) is 8.56. The monoisotopic (exact) mass is 371 g/mol. The summed E-state index contributed by atoms with van der Waals surface area (Å²) in [6.45, 7) is -2.76. The average molecular weight is 371 g/mol. The van der Waals surface area contributed by atoms with Crippen molar-refractivity contribution in [2.24, 2.45) is 0 Å². The number of nitrogens with one attached hydrogen (secondary N) is 1. The quantitative estimate of drug-likeness (QED) is 0.713. The number of alkyl halides is 3. The predicted molar refractivity (Wildman–Crippen MR) is 90.0 cm³/mol. The van der Waals surface area contributed by atoms with Crippen LogP contribution in [0.2, 0.25) is 0 Å². The van der Waals surface area contributed by atoms with Gasteiger partial charge in [0.05, 0.1) is 6.10 Å². The topological polar surface area (TPSA) is 69.6 Å². The third kappa shape index (κ3) is 6.04. The lowest BCUT2D eigenvalue weighted by Gasteiger charge is -2.26. The summed E-state index contributed by atoms with van der Waals surface area (Å²) >= 11 is 0. The third-order valence-corrected chi connectivity index (χ3v) is 4.15. The van der Waals surface area contributed by atoms with Crippen LogP contribution in [-0.2, 0) is 4.79 Å². The standard InChI is InChI=1S/C19H22F3NO3/c20-19(21,22)17(25)23-12-8-16(24)15-6-4-5-14(13-15)7-11-18(26)9-2-1-3-10-18/h4-6,13,16,24,26H,1-3,8-10,12H2,(H,23,25)/i12D2. The number of rotatable bonds is 4. The number of hydrogen-bond acceptors (Lipinski definition) is 3. The molecule has 1 aromatic rings. The highest BCUT2D eigenvalue weighted by atomic mass is 19.4. The van der Waals surface area contributed by atoms with Gasteiger partial charge in [0.2, 0.25) is 0 Å².